The molecule has 1 aromatic heterocycles. The van der Waals surface area contributed by atoms with Crippen LogP contribution in [0.4, 0.5) is 0 Å². The first-order chi connectivity index (χ1) is 9.33. The zero-order valence-electron chi connectivity index (χ0n) is 12.5. The van der Waals surface area contributed by atoms with Gasteiger partial charge in [0.1, 0.15) is 0 Å². The Morgan fingerprint density at radius 2 is 2.00 bits per heavy atom. The molecular weight excluding hydrogens is 252 g/mol. The summed E-state index contributed by atoms with van der Waals surface area (Å²) in [6, 6.07) is 9.26. The molecule has 2 nitrogen and oxygen atoms in total. The molecule has 19 heavy (non-hydrogen) atoms. The smallest absolute Gasteiger partial charge is 0.0454 e. The van der Waals surface area contributed by atoms with E-state index in [2.05, 4.69) is 47.8 Å². The Morgan fingerprint density at radius 3 is 2.68 bits per heavy atom. The van der Waals surface area contributed by atoms with Gasteiger partial charge in [-0.1, -0.05) is 34.1 Å². The maximum absolute atomic E-state index is 3.55. The maximum atomic E-state index is 3.55. The fourth-order valence-electron chi connectivity index (χ4n) is 1.94. The molecule has 3 heteroatoms. The van der Waals surface area contributed by atoms with E-state index in [1.807, 2.05) is 20.0 Å². The van der Waals surface area contributed by atoms with E-state index in [9.17, 15) is 0 Å². The summed E-state index contributed by atoms with van der Waals surface area (Å²) >= 11 is 1.75. The molecule has 1 aromatic carbocycles. The van der Waals surface area contributed by atoms with E-state index in [0.717, 1.165) is 0 Å². The average Bonchev–Trinajstić information content (AvgIpc) is 2.93. The van der Waals surface area contributed by atoms with Crippen LogP contribution in [-0.2, 0) is 0 Å². The van der Waals surface area contributed by atoms with Gasteiger partial charge in [-0.2, -0.15) is 0 Å². The van der Waals surface area contributed by atoms with Crippen LogP contribution in [0.15, 0.2) is 35.4 Å². The molecule has 0 aliphatic carbocycles. The molecule has 0 spiro atoms. The van der Waals surface area contributed by atoms with Crippen LogP contribution in [0.3, 0.4) is 0 Å². The number of fused-ring (bicyclic) bond motifs is 1. The van der Waals surface area contributed by atoms with Crippen molar-refractivity contribution in [2.45, 2.75) is 57.9 Å². The van der Waals surface area contributed by atoms with Crippen LogP contribution < -0.4 is 4.72 Å². The van der Waals surface area contributed by atoms with Gasteiger partial charge in [-0.15, -0.1) is 0 Å². The normalized spacial score (nSPS) is 12.0. The van der Waals surface area contributed by atoms with Crippen LogP contribution in [0.1, 0.15) is 47.0 Å². The van der Waals surface area contributed by atoms with Crippen molar-refractivity contribution in [3.63, 3.8) is 0 Å². The zero-order chi connectivity index (χ0) is 14.1. The van der Waals surface area contributed by atoms with Gasteiger partial charge in [-0.05, 0) is 49.1 Å². The van der Waals surface area contributed by atoms with Crippen LogP contribution in [0, 0.1) is 0 Å². The van der Waals surface area contributed by atoms with Crippen molar-refractivity contribution >= 4 is 22.9 Å². The standard InChI is InChI=1S/C14H20N2S.C2H6/c1-3-5-12(4-2)16-17-13-6-7-14-11(10-13)8-9-15-14;1-2/h6-10,12,15-16H,3-5H2,1-2H3;1-2H3. The number of benzene rings is 1. The molecule has 106 valence electrons. The third-order valence-electron chi connectivity index (χ3n) is 3.00. The Bertz CT molecular complexity index is 464. The van der Waals surface area contributed by atoms with Crippen molar-refractivity contribution in [2.24, 2.45) is 0 Å². The van der Waals surface area contributed by atoms with Crippen molar-refractivity contribution in [3.05, 3.63) is 30.5 Å². The van der Waals surface area contributed by atoms with E-state index in [0.29, 0.717) is 6.04 Å². The molecule has 0 radical (unpaired) electrons. The van der Waals surface area contributed by atoms with Gasteiger partial charge in [0.15, 0.2) is 0 Å². The zero-order valence-corrected chi connectivity index (χ0v) is 13.3. The van der Waals surface area contributed by atoms with E-state index in [4.69, 9.17) is 0 Å². The Labute approximate surface area is 121 Å². The first kappa shape index (κ1) is 16.1. The SMILES string of the molecule is CC.CCCC(CC)NSc1ccc2[nH]ccc2c1. The molecule has 0 saturated heterocycles. The van der Waals surface area contributed by atoms with Gasteiger partial charge in [-0.25, -0.2) is 0 Å². The van der Waals surface area contributed by atoms with Crippen LogP contribution in [0.2, 0.25) is 0 Å². The summed E-state index contributed by atoms with van der Waals surface area (Å²) in [4.78, 5) is 4.50. The first-order valence-electron chi connectivity index (χ1n) is 7.33. The molecule has 0 bridgehead atoms. The van der Waals surface area contributed by atoms with Crippen molar-refractivity contribution in [3.8, 4) is 0 Å². The van der Waals surface area contributed by atoms with E-state index < -0.39 is 0 Å². The first-order valence-corrected chi connectivity index (χ1v) is 8.14. The molecule has 1 atom stereocenters. The van der Waals surface area contributed by atoms with Crippen LogP contribution >= 0.6 is 11.9 Å². The second-order valence-corrected chi connectivity index (χ2v) is 5.25. The van der Waals surface area contributed by atoms with Gasteiger partial charge < -0.3 is 4.98 Å². The molecule has 0 fully saturated rings. The monoisotopic (exact) mass is 278 g/mol. The average molecular weight is 278 g/mol. The summed E-state index contributed by atoms with van der Waals surface area (Å²) < 4.78 is 3.55. The van der Waals surface area contributed by atoms with Crippen molar-refractivity contribution in [2.75, 3.05) is 0 Å². The number of nitrogens with one attached hydrogen (secondary N) is 2. The molecule has 2 aromatic rings. The molecule has 2 N–H and O–H groups in total. The Balaban J connectivity index is 0.000000861. The Hall–Kier alpha value is -0.930. The quantitative estimate of drug-likeness (QED) is 0.695. The minimum absolute atomic E-state index is 0.618. The fraction of sp³-hybridized carbons (Fsp3) is 0.500. The highest BCUT2D eigenvalue weighted by Crippen LogP contribution is 2.22. The Kier molecular flexibility index (Phi) is 7.68. The largest absolute Gasteiger partial charge is 0.361 e. The van der Waals surface area contributed by atoms with E-state index in [1.165, 1.54) is 35.1 Å². The van der Waals surface area contributed by atoms with Gasteiger partial charge in [0.2, 0.25) is 0 Å². The molecule has 2 rings (SSSR count). The van der Waals surface area contributed by atoms with Crippen LogP contribution in [-0.4, -0.2) is 11.0 Å². The van der Waals surface area contributed by atoms with Gasteiger partial charge in [0.05, 0.1) is 0 Å². The molecule has 1 unspecified atom stereocenters. The number of hydrogen-bond acceptors (Lipinski definition) is 2. The lowest BCUT2D eigenvalue weighted by Gasteiger charge is -2.14. The third-order valence-corrected chi connectivity index (χ3v) is 3.94. The number of aromatic amines is 1. The number of rotatable bonds is 6. The lowest BCUT2D eigenvalue weighted by molar-refractivity contribution is 0.555. The van der Waals surface area contributed by atoms with E-state index in [-0.39, 0.29) is 0 Å². The molecule has 0 amide bonds. The summed E-state index contributed by atoms with van der Waals surface area (Å²) in [6.45, 7) is 8.48. The summed E-state index contributed by atoms with van der Waals surface area (Å²) in [5.41, 5.74) is 1.20. The highest BCUT2D eigenvalue weighted by atomic mass is 32.2. The van der Waals surface area contributed by atoms with Gasteiger partial charge in [-0.3, -0.25) is 4.72 Å². The minimum atomic E-state index is 0.618. The summed E-state index contributed by atoms with van der Waals surface area (Å²) in [5.74, 6) is 0. The van der Waals surface area contributed by atoms with Gasteiger partial charge >= 0.3 is 0 Å². The topological polar surface area (TPSA) is 27.8 Å². The Morgan fingerprint density at radius 1 is 1.21 bits per heavy atom. The van der Waals surface area contributed by atoms with Crippen LogP contribution in [0.25, 0.3) is 10.9 Å². The predicted molar refractivity (Wildman–Crippen MR) is 87.6 cm³/mol. The second kappa shape index (κ2) is 9.05. The second-order valence-electron chi connectivity index (χ2n) is 4.34. The predicted octanol–water partition coefficient (Wildman–Crippen LogP) is 5.37. The summed E-state index contributed by atoms with van der Waals surface area (Å²) in [6.07, 6.45) is 5.66. The highest BCUT2D eigenvalue weighted by Gasteiger charge is 2.05. The van der Waals surface area contributed by atoms with Gasteiger partial charge in [0.25, 0.3) is 0 Å². The molecular formula is C16H26N2S. The van der Waals surface area contributed by atoms with E-state index >= 15 is 0 Å². The van der Waals surface area contributed by atoms with Crippen molar-refractivity contribution in [1.82, 2.24) is 9.71 Å². The van der Waals surface area contributed by atoms with Crippen molar-refractivity contribution < 1.29 is 0 Å². The summed E-state index contributed by atoms with van der Waals surface area (Å²) in [7, 11) is 0. The molecule has 0 saturated carbocycles. The molecule has 0 aliphatic rings. The lowest BCUT2D eigenvalue weighted by atomic mass is 10.1. The molecule has 1 heterocycles. The van der Waals surface area contributed by atoms with E-state index in [1.54, 1.807) is 11.9 Å². The number of aromatic nitrogens is 1. The lowest BCUT2D eigenvalue weighted by Crippen LogP contribution is -2.21. The number of hydrogen-bond donors (Lipinski definition) is 2. The third kappa shape index (κ3) is 4.92. The van der Waals surface area contributed by atoms with Crippen molar-refractivity contribution in [1.29, 1.82) is 0 Å². The summed E-state index contributed by atoms with van der Waals surface area (Å²) in [5, 5.41) is 1.28. The fourth-order valence-corrected chi connectivity index (χ4v) is 2.85. The van der Waals surface area contributed by atoms with Gasteiger partial charge in [0, 0.05) is 28.0 Å². The molecule has 0 aliphatic heterocycles. The minimum Gasteiger partial charge on any atom is -0.361 e. The maximum Gasteiger partial charge on any atom is 0.0454 e. The highest BCUT2D eigenvalue weighted by molar-refractivity contribution is 7.97. The number of H-pyrrole nitrogens is 1. The van der Waals surface area contributed by atoms with Crippen LogP contribution in [0.5, 0.6) is 0 Å².